The van der Waals surface area contributed by atoms with Gasteiger partial charge in [0, 0.05) is 18.0 Å². The van der Waals surface area contributed by atoms with Crippen molar-refractivity contribution in [1.29, 1.82) is 0 Å². The predicted molar refractivity (Wildman–Crippen MR) is 181 cm³/mol. The van der Waals surface area contributed by atoms with Crippen molar-refractivity contribution >= 4 is 64.2 Å². The van der Waals surface area contributed by atoms with E-state index < -0.39 is 53.7 Å². The lowest BCUT2D eigenvalue weighted by atomic mass is 10.1. The van der Waals surface area contributed by atoms with Crippen LogP contribution >= 0.6 is 0 Å². The van der Waals surface area contributed by atoms with E-state index >= 15 is 0 Å². The molecule has 0 fully saturated rings. The Morgan fingerprint density at radius 1 is 0.596 bits per heavy atom. The van der Waals surface area contributed by atoms with Crippen molar-refractivity contribution in [3.8, 4) is 0 Å². The number of carbonyl (C=O) groups excluding carboxylic acids is 7. The molecule has 2 N–H and O–H groups in total. The highest BCUT2D eigenvalue weighted by atomic mass is 16.5. The van der Waals surface area contributed by atoms with E-state index in [1.54, 1.807) is 6.92 Å². The summed E-state index contributed by atoms with van der Waals surface area (Å²) in [7, 11) is 4.66. The third-order valence-electron chi connectivity index (χ3n) is 6.80. The maximum Gasteiger partial charge on any atom is 0.340 e. The number of nitrogens with one attached hydrogen (secondary N) is 2. The summed E-state index contributed by atoms with van der Waals surface area (Å²) in [6.45, 7) is 2.80. The standard InChI is InChI=1S/C34H34N6O12/c1-7-52-30(40-38-26-17-20(32(45)49-4)9-15-24(26)34(47)51-6)29(43)36-22-12-10-21(11-13-22)35-28(42)27(18(2)41)39-37-25-16-19(31(44)48-3)8-14-23(25)33(46)50-5/h8-17,27,30H,7H2,1-6H3,(H,35,42)(H,36,43). The van der Waals surface area contributed by atoms with Gasteiger partial charge in [0.15, 0.2) is 5.78 Å². The zero-order valence-electron chi connectivity index (χ0n) is 28.8. The number of azo groups is 2. The SMILES string of the molecule is CCOC(N=Nc1cc(C(=O)OC)ccc1C(=O)OC)C(=O)Nc1ccc(NC(=O)C(N=Nc2cc(C(=O)OC)ccc2C(=O)OC)C(C)=O)cc1. The number of carbonyl (C=O) groups is 7. The molecule has 0 aliphatic heterocycles. The molecule has 3 aromatic carbocycles. The van der Waals surface area contributed by atoms with Gasteiger partial charge in [0.2, 0.25) is 12.3 Å². The minimum absolute atomic E-state index is 0.0283. The maximum atomic E-state index is 13.1. The maximum absolute atomic E-state index is 13.1. The Morgan fingerprint density at radius 3 is 1.42 bits per heavy atom. The van der Waals surface area contributed by atoms with Crippen LogP contribution in [0.4, 0.5) is 22.7 Å². The number of rotatable bonds is 15. The molecule has 0 aliphatic carbocycles. The molecule has 18 nitrogen and oxygen atoms in total. The molecular formula is C34H34N6O12. The number of ether oxygens (including phenoxy) is 5. The summed E-state index contributed by atoms with van der Waals surface area (Å²) in [6, 6.07) is 11.8. The molecule has 0 bridgehead atoms. The first kappa shape index (κ1) is 39.7. The monoisotopic (exact) mass is 718 g/mol. The second-order valence-electron chi connectivity index (χ2n) is 10.2. The Hall–Kier alpha value is -6.69. The smallest absolute Gasteiger partial charge is 0.340 e. The van der Waals surface area contributed by atoms with Gasteiger partial charge in [-0.25, -0.2) is 19.2 Å². The van der Waals surface area contributed by atoms with Crippen molar-refractivity contribution in [2.24, 2.45) is 20.5 Å². The topological polar surface area (TPSA) is 239 Å². The van der Waals surface area contributed by atoms with Crippen LogP contribution < -0.4 is 10.6 Å². The Balaban J connectivity index is 1.77. The number of esters is 4. The second kappa shape index (κ2) is 18.9. The van der Waals surface area contributed by atoms with Gasteiger partial charge in [0.1, 0.15) is 11.4 Å². The Labute approximate surface area is 296 Å². The fourth-order valence-electron chi connectivity index (χ4n) is 4.21. The molecule has 272 valence electrons. The van der Waals surface area contributed by atoms with E-state index in [0.29, 0.717) is 0 Å². The fourth-order valence-corrected chi connectivity index (χ4v) is 4.21. The molecule has 2 unspecified atom stereocenters. The fraction of sp³-hybridized carbons (Fsp3) is 0.265. The highest BCUT2D eigenvalue weighted by molar-refractivity contribution is 6.10. The molecule has 0 heterocycles. The number of hydrogen-bond acceptors (Lipinski definition) is 16. The van der Waals surface area contributed by atoms with Crippen LogP contribution in [0.5, 0.6) is 0 Å². The Kier molecular flexibility index (Phi) is 14.4. The molecule has 0 aliphatic rings. The van der Waals surface area contributed by atoms with Gasteiger partial charge < -0.3 is 34.3 Å². The van der Waals surface area contributed by atoms with E-state index in [4.69, 9.17) is 18.9 Å². The van der Waals surface area contributed by atoms with Gasteiger partial charge >= 0.3 is 23.9 Å². The van der Waals surface area contributed by atoms with Crippen LogP contribution in [0, 0.1) is 0 Å². The van der Waals surface area contributed by atoms with Gasteiger partial charge in [0.05, 0.1) is 50.7 Å². The van der Waals surface area contributed by atoms with Crippen LogP contribution in [0.3, 0.4) is 0 Å². The number of nitrogens with zero attached hydrogens (tertiary/aromatic N) is 4. The van der Waals surface area contributed by atoms with Crippen LogP contribution in [0.2, 0.25) is 0 Å². The summed E-state index contributed by atoms with van der Waals surface area (Å²) in [5, 5.41) is 20.7. The Bertz CT molecular complexity index is 1910. The zero-order chi connectivity index (χ0) is 38.4. The quantitative estimate of drug-likeness (QED) is 0.0949. The number of anilines is 2. The number of ketones is 1. The average Bonchev–Trinajstić information content (AvgIpc) is 3.15. The van der Waals surface area contributed by atoms with Crippen LogP contribution in [0.1, 0.15) is 55.3 Å². The van der Waals surface area contributed by atoms with Crippen LogP contribution in [0.15, 0.2) is 81.1 Å². The van der Waals surface area contributed by atoms with E-state index in [2.05, 4.69) is 35.8 Å². The first-order valence-electron chi connectivity index (χ1n) is 15.1. The van der Waals surface area contributed by atoms with Gasteiger partial charge in [-0.2, -0.15) is 15.3 Å². The van der Waals surface area contributed by atoms with Crippen molar-refractivity contribution in [3.05, 3.63) is 82.9 Å². The summed E-state index contributed by atoms with van der Waals surface area (Å²) in [4.78, 5) is 86.9. The summed E-state index contributed by atoms with van der Waals surface area (Å²) < 4.78 is 24.3. The highest BCUT2D eigenvalue weighted by Gasteiger charge is 2.25. The predicted octanol–water partition coefficient (Wildman–Crippen LogP) is 4.60. The molecule has 3 aromatic rings. The molecule has 0 saturated heterocycles. The lowest BCUT2D eigenvalue weighted by molar-refractivity contribution is -0.127. The second-order valence-corrected chi connectivity index (χ2v) is 10.2. The van der Waals surface area contributed by atoms with Gasteiger partial charge in [-0.1, -0.05) is 0 Å². The number of benzene rings is 3. The lowest BCUT2D eigenvalue weighted by Gasteiger charge is -2.13. The third-order valence-corrected chi connectivity index (χ3v) is 6.80. The van der Waals surface area contributed by atoms with E-state index in [9.17, 15) is 33.6 Å². The van der Waals surface area contributed by atoms with Crippen molar-refractivity contribution in [1.82, 2.24) is 0 Å². The molecule has 3 rings (SSSR count). The highest BCUT2D eigenvalue weighted by Crippen LogP contribution is 2.26. The molecule has 2 atom stereocenters. The molecule has 2 amide bonds. The van der Waals surface area contributed by atoms with Crippen LogP contribution in [-0.2, 0) is 38.1 Å². The van der Waals surface area contributed by atoms with Crippen LogP contribution in [0.25, 0.3) is 0 Å². The molecule has 0 spiro atoms. The average molecular weight is 719 g/mol. The molecule has 52 heavy (non-hydrogen) atoms. The molecule has 0 aromatic heterocycles. The first-order chi connectivity index (χ1) is 24.9. The largest absolute Gasteiger partial charge is 0.465 e. The summed E-state index contributed by atoms with van der Waals surface area (Å²) >= 11 is 0. The number of amides is 2. The Morgan fingerprint density at radius 2 is 1.02 bits per heavy atom. The number of hydrogen-bond donors (Lipinski definition) is 2. The summed E-state index contributed by atoms with van der Waals surface area (Å²) in [5.41, 5.74) is 0.263. The molecule has 0 radical (unpaired) electrons. The van der Waals surface area contributed by atoms with E-state index in [1.165, 1.54) is 74.9 Å². The van der Waals surface area contributed by atoms with Gasteiger partial charge in [-0.3, -0.25) is 14.4 Å². The summed E-state index contributed by atoms with van der Waals surface area (Å²) in [5.74, 6) is -5.25. The molecular weight excluding hydrogens is 684 g/mol. The van der Waals surface area contributed by atoms with E-state index in [-0.39, 0.29) is 51.6 Å². The number of Topliss-reactive ketones (excluding diaryl/α,β-unsaturated/α-hetero) is 1. The van der Waals surface area contributed by atoms with Gasteiger partial charge in [0.25, 0.3) is 11.8 Å². The van der Waals surface area contributed by atoms with Crippen molar-refractivity contribution < 1.29 is 57.2 Å². The van der Waals surface area contributed by atoms with Crippen molar-refractivity contribution in [2.75, 3.05) is 45.7 Å². The van der Waals surface area contributed by atoms with E-state index in [1.807, 2.05) is 0 Å². The third kappa shape index (κ3) is 10.4. The first-order valence-corrected chi connectivity index (χ1v) is 15.1. The van der Waals surface area contributed by atoms with Crippen molar-refractivity contribution in [2.45, 2.75) is 26.1 Å². The van der Waals surface area contributed by atoms with Gasteiger partial charge in [-0.15, -0.1) is 5.11 Å². The normalized spacial score (nSPS) is 12.0. The van der Waals surface area contributed by atoms with E-state index in [0.717, 1.165) is 21.1 Å². The zero-order valence-corrected chi connectivity index (χ0v) is 28.8. The lowest BCUT2D eigenvalue weighted by Crippen LogP contribution is -2.31. The van der Waals surface area contributed by atoms with Crippen LogP contribution in [-0.4, -0.2) is 88.8 Å². The number of methoxy groups -OCH3 is 4. The minimum atomic E-state index is -1.64. The minimum Gasteiger partial charge on any atom is -0.465 e. The molecule has 18 heteroatoms. The van der Waals surface area contributed by atoms with Gasteiger partial charge in [-0.05, 0) is 74.5 Å². The van der Waals surface area contributed by atoms with Crippen molar-refractivity contribution in [3.63, 3.8) is 0 Å². The molecule has 0 saturated carbocycles. The summed E-state index contributed by atoms with van der Waals surface area (Å²) in [6.07, 6.45) is -1.48.